The van der Waals surface area contributed by atoms with Crippen LogP contribution < -0.4 is 10.6 Å². The molecule has 1 rings (SSSR count). The van der Waals surface area contributed by atoms with Crippen molar-refractivity contribution in [3.63, 3.8) is 0 Å². The molecule has 5 nitrogen and oxygen atoms in total. The highest BCUT2D eigenvalue weighted by molar-refractivity contribution is 5.79. The Morgan fingerprint density at radius 1 is 1.24 bits per heavy atom. The van der Waals surface area contributed by atoms with Crippen LogP contribution in [0.5, 0.6) is 0 Å². The van der Waals surface area contributed by atoms with Crippen molar-refractivity contribution >= 4 is 5.96 Å². The maximum Gasteiger partial charge on any atom is 0.191 e. The number of guanidine groups is 1. The number of hydrogen-bond donors (Lipinski definition) is 2. The minimum absolute atomic E-state index is 0.191. The number of benzene rings is 1. The smallest absolute Gasteiger partial charge is 0.191 e. The molecule has 0 radical (unpaired) electrons. The lowest BCUT2D eigenvalue weighted by Gasteiger charge is -2.12. The largest absolute Gasteiger partial charge is 0.382 e. The molecule has 2 N–H and O–H groups in total. The van der Waals surface area contributed by atoms with Gasteiger partial charge in [0.15, 0.2) is 5.96 Å². The van der Waals surface area contributed by atoms with Crippen molar-refractivity contribution in [2.24, 2.45) is 4.99 Å². The molecular weight excluding hydrogens is 273 g/mol. The van der Waals surface area contributed by atoms with Crippen LogP contribution in [0.3, 0.4) is 0 Å². The van der Waals surface area contributed by atoms with Gasteiger partial charge in [0.05, 0.1) is 19.8 Å². The zero-order chi connectivity index (χ0) is 15.5. The van der Waals surface area contributed by atoms with E-state index >= 15 is 0 Å². The van der Waals surface area contributed by atoms with Gasteiger partial charge in [-0.2, -0.15) is 0 Å². The normalized spacial score (nSPS) is 11.5. The first-order valence-electron chi connectivity index (χ1n) is 6.93. The van der Waals surface area contributed by atoms with Gasteiger partial charge in [-0.15, -0.1) is 0 Å². The lowest BCUT2D eigenvalue weighted by molar-refractivity contribution is 0.0733. The summed E-state index contributed by atoms with van der Waals surface area (Å²) in [5.74, 6) is 0.468. The minimum atomic E-state index is -0.191. The average molecular weight is 297 g/mol. The summed E-state index contributed by atoms with van der Waals surface area (Å²) in [7, 11) is 3.33. The van der Waals surface area contributed by atoms with Gasteiger partial charge in [-0.3, -0.25) is 4.99 Å². The zero-order valence-corrected chi connectivity index (χ0v) is 12.9. The molecule has 0 atom stereocenters. The van der Waals surface area contributed by atoms with E-state index in [4.69, 9.17) is 9.47 Å². The van der Waals surface area contributed by atoms with Crippen molar-refractivity contribution in [1.82, 2.24) is 10.6 Å². The second kappa shape index (κ2) is 10.1. The van der Waals surface area contributed by atoms with Gasteiger partial charge in [0.1, 0.15) is 5.82 Å². The van der Waals surface area contributed by atoms with E-state index in [0.29, 0.717) is 44.4 Å². The Morgan fingerprint density at radius 3 is 2.71 bits per heavy atom. The van der Waals surface area contributed by atoms with Gasteiger partial charge in [0.25, 0.3) is 0 Å². The van der Waals surface area contributed by atoms with E-state index in [1.807, 2.05) is 6.07 Å². The molecule has 0 aromatic heterocycles. The van der Waals surface area contributed by atoms with Crippen LogP contribution in [-0.2, 0) is 16.0 Å². The molecule has 0 bridgehead atoms. The molecule has 0 fully saturated rings. The van der Waals surface area contributed by atoms with Gasteiger partial charge in [0.2, 0.25) is 0 Å². The molecule has 0 aliphatic heterocycles. The van der Waals surface area contributed by atoms with Crippen LogP contribution in [-0.4, -0.2) is 46.5 Å². The summed E-state index contributed by atoms with van der Waals surface area (Å²) < 4.78 is 23.7. The molecule has 1 aromatic carbocycles. The molecule has 0 heterocycles. The van der Waals surface area contributed by atoms with E-state index in [0.717, 1.165) is 5.56 Å². The van der Waals surface area contributed by atoms with E-state index in [1.165, 1.54) is 6.07 Å². The second-order valence-electron chi connectivity index (χ2n) is 4.54. The Hall–Kier alpha value is -1.66. The summed E-state index contributed by atoms with van der Waals surface area (Å²) in [4.78, 5) is 4.10. The van der Waals surface area contributed by atoms with Crippen molar-refractivity contribution in [3.05, 3.63) is 35.1 Å². The lowest BCUT2D eigenvalue weighted by atomic mass is 10.1. The van der Waals surface area contributed by atoms with E-state index in [9.17, 15) is 4.39 Å². The van der Waals surface area contributed by atoms with Crippen LogP contribution in [0.15, 0.2) is 23.2 Å². The first kappa shape index (κ1) is 17.4. The topological polar surface area (TPSA) is 54.9 Å². The fraction of sp³-hybridized carbons (Fsp3) is 0.533. The summed E-state index contributed by atoms with van der Waals surface area (Å²) in [6.45, 7) is 4.64. The monoisotopic (exact) mass is 297 g/mol. The SMILES string of the molecule is CN=C(NCCOCCOC)NCc1ccc(C)c(F)c1. The van der Waals surface area contributed by atoms with Crippen LogP contribution in [0.1, 0.15) is 11.1 Å². The van der Waals surface area contributed by atoms with Gasteiger partial charge in [-0.1, -0.05) is 12.1 Å². The number of ether oxygens (including phenoxy) is 2. The third kappa shape index (κ3) is 7.06. The summed E-state index contributed by atoms with van der Waals surface area (Å²) >= 11 is 0. The molecule has 0 saturated heterocycles. The number of nitrogens with zero attached hydrogens (tertiary/aromatic N) is 1. The number of rotatable bonds is 8. The van der Waals surface area contributed by atoms with E-state index in [1.54, 1.807) is 27.1 Å². The highest BCUT2D eigenvalue weighted by Gasteiger charge is 2.01. The van der Waals surface area contributed by atoms with Gasteiger partial charge in [0, 0.05) is 27.2 Å². The molecule has 21 heavy (non-hydrogen) atoms. The molecule has 0 aliphatic rings. The summed E-state index contributed by atoms with van der Waals surface area (Å²) in [5, 5.41) is 6.25. The van der Waals surface area contributed by atoms with Crippen LogP contribution >= 0.6 is 0 Å². The van der Waals surface area contributed by atoms with Gasteiger partial charge >= 0.3 is 0 Å². The highest BCUT2D eigenvalue weighted by atomic mass is 19.1. The lowest BCUT2D eigenvalue weighted by Crippen LogP contribution is -2.38. The summed E-state index contributed by atoms with van der Waals surface area (Å²) in [5.41, 5.74) is 1.52. The zero-order valence-electron chi connectivity index (χ0n) is 12.9. The quantitative estimate of drug-likeness (QED) is 0.433. The molecule has 0 amide bonds. The second-order valence-corrected chi connectivity index (χ2v) is 4.54. The van der Waals surface area contributed by atoms with E-state index < -0.39 is 0 Å². The van der Waals surface area contributed by atoms with Gasteiger partial charge in [-0.25, -0.2) is 4.39 Å². The Balaban J connectivity index is 2.26. The van der Waals surface area contributed by atoms with Gasteiger partial charge in [-0.05, 0) is 24.1 Å². The minimum Gasteiger partial charge on any atom is -0.382 e. The van der Waals surface area contributed by atoms with Crippen LogP contribution in [0, 0.1) is 12.7 Å². The predicted molar refractivity (Wildman–Crippen MR) is 82.0 cm³/mol. The average Bonchev–Trinajstić information content (AvgIpc) is 2.49. The van der Waals surface area contributed by atoms with Crippen LogP contribution in [0.2, 0.25) is 0 Å². The molecule has 118 valence electrons. The summed E-state index contributed by atoms with van der Waals surface area (Å²) in [6.07, 6.45) is 0. The third-order valence-corrected chi connectivity index (χ3v) is 2.89. The third-order valence-electron chi connectivity index (χ3n) is 2.89. The van der Waals surface area contributed by atoms with E-state index in [-0.39, 0.29) is 5.82 Å². The van der Waals surface area contributed by atoms with Crippen molar-refractivity contribution in [3.8, 4) is 0 Å². The van der Waals surface area contributed by atoms with Crippen molar-refractivity contribution in [1.29, 1.82) is 0 Å². The van der Waals surface area contributed by atoms with Gasteiger partial charge < -0.3 is 20.1 Å². The number of hydrogen-bond acceptors (Lipinski definition) is 3. The van der Waals surface area contributed by atoms with E-state index in [2.05, 4.69) is 15.6 Å². The first-order valence-corrected chi connectivity index (χ1v) is 6.93. The molecule has 0 unspecified atom stereocenters. The number of nitrogens with one attached hydrogen (secondary N) is 2. The Labute approximate surface area is 125 Å². The highest BCUT2D eigenvalue weighted by Crippen LogP contribution is 2.08. The Kier molecular flexibility index (Phi) is 8.38. The first-order chi connectivity index (χ1) is 10.2. The van der Waals surface area contributed by atoms with Crippen molar-refractivity contribution in [2.75, 3.05) is 40.5 Å². The standard InChI is InChI=1S/C15H24FN3O2/c1-12-4-5-13(10-14(12)16)11-19-15(17-2)18-6-7-21-9-8-20-3/h4-5,10H,6-9,11H2,1-3H3,(H2,17,18,19). The fourth-order valence-electron chi connectivity index (χ4n) is 1.64. The molecule has 0 saturated carbocycles. The molecule has 0 spiro atoms. The maximum atomic E-state index is 13.4. The molecular formula is C15H24FN3O2. The van der Waals surface area contributed by atoms with Crippen molar-refractivity contribution in [2.45, 2.75) is 13.5 Å². The number of halogens is 1. The van der Waals surface area contributed by atoms with Crippen molar-refractivity contribution < 1.29 is 13.9 Å². The fourth-order valence-corrected chi connectivity index (χ4v) is 1.64. The number of aliphatic imine (C=N–C) groups is 1. The Morgan fingerprint density at radius 2 is 2.05 bits per heavy atom. The molecule has 1 aromatic rings. The molecule has 0 aliphatic carbocycles. The number of methoxy groups -OCH3 is 1. The maximum absolute atomic E-state index is 13.4. The Bertz CT molecular complexity index is 453. The van der Waals surface area contributed by atoms with Crippen LogP contribution in [0.4, 0.5) is 4.39 Å². The van der Waals surface area contributed by atoms with Crippen LogP contribution in [0.25, 0.3) is 0 Å². The predicted octanol–water partition coefficient (Wildman–Crippen LogP) is 1.46. The summed E-state index contributed by atoms with van der Waals surface area (Å²) in [6, 6.07) is 5.20. The number of aryl methyl sites for hydroxylation is 1. The molecule has 6 heteroatoms.